The van der Waals surface area contributed by atoms with Gasteiger partial charge in [-0.05, 0) is 50.0 Å². The first-order chi connectivity index (χ1) is 8.79. The van der Waals surface area contributed by atoms with E-state index in [-0.39, 0.29) is 0 Å². The monoisotopic (exact) mass is 250 g/mol. The molecule has 1 unspecified atom stereocenters. The van der Waals surface area contributed by atoms with Gasteiger partial charge >= 0.3 is 0 Å². The van der Waals surface area contributed by atoms with Crippen molar-refractivity contribution in [3.63, 3.8) is 0 Å². The van der Waals surface area contributed by atoms with Crippen molar-refractivity contribution in [1.82, 2.24) is 30.0 Å². The van der Waals surface area contributed by atoms with Gasteiger partial charge in [0.05, 0.1) is 13.6 Å². The van der Waals surface area contributed by atoms with Gasteiger partial charge in [-0.3, -0.25) is 4.90 Å². The first-order valence-electron chi connectivity index (χ1n) is 6.97. The van der Waals surface area contributed by atoms with Crippen LogP contribution in [0.15, 0.2) is 0 Å². The maximum absolute atomic E-state index is 4.24. The molecule has 3 rings (SSSR count). The lowest BCUT2D eigenvalue weighted by Gasteiger charge is -2.20. The van der Waals surface area contributed by atoms with Crippen molar-refractivity contribution < 1.29 is 0 Å². The van der Waals surface area contributed by atoms with Gasteiger partial charge in [-0.25, -0.2) is 0 Å². The number of likely N-dealkylation sites (tertiary alicyclic amines) is 2. The van der Waals surface area contributed by atoms with Crippen LogP contribution in [0.4, 0.5) is 0 Å². The average Bonchev–Trinajstić information content (AvgIpc) is 3.04. The third-order valence-corrected chi connectivity index (χ3v) is 4.00. The first kappa shape index (κ1) is 12.0. The third-order valence-electron chi connectivity index (χ3n) is 4.00. The SMILES string of the molecule is Cn1nnc(CN2CCC(CN3CCCC3)C2)n1. The minimum Gasteiger partial charge on any atom is -0.303 e. The van der Waals surface area contributed by atoms with Crippen molar-refractivity contribution in [1.29, 1.82) is 0 Å². The Kier molecular flexibility index (Phi) is 3.56. The number of hydrogen-bond donors (Lipinski definition) is 0. The Morgan fingerprint density at radius 3 is 2.72 bits per heavy atom. The van der Waals surface area contributed by atoms with E-state index in [0.29, 0.717) is 0 Å². The number of rotatable bonds is 4. The molecule has 1 aromatic rings. The fourth-order valence-electron chi connectivity index (χ4n) is 3.12. The molecule has 2 saturated heterocycles. The molecule has 3 heterocycles. The molecule has 0 saturated carbocycles. The molecule has 0 aliphatic carbocycles. The molecule has 0 aromatic carbocycles. The predicted octanol–water partition coefficient (Wildman–Crippen LogP) is 0.128. The molecular formula is C12H22N6. The molecular weight excluding hydrogens is 228 g/mol. The lowest BCUT2D eigenvalue weighted by molar-refractivity contribution is 0.258. The van der Waals surface area contributed by atoms with Gasteiger partial charge in [0.2, 0.25) is 0 Å². The van der Waals surface area contributed by atoms with Gasteiger partial charge in [-0.15, -0.1) is 10.2 Å². The highest BCUT2D eigenvalue weighted by Crippen LogP contribution is 2.20. The second-order valence-corrected chi connectivity index (χ2v) is 5.59. The number of nitrogens with zero attached hydrogens (tertiary/aromatic N) is 6. The van der Waals surface area contributed by atoms with E-state index in [9.17, 15) is 0 Å². The highest BCUT2D eigenvalue weighted by Gasteiger charge is 2.26. The van der Waals surface area contributed by atoms with Crippen LogP contribution in [0.25, 0.3) is 0 Å². The van der Waals surface area contributed by atoms with Gasteiger partial charge < -0.3 is 4.90 Å². The second kappa shape index (κ2) is 5.32. The van der Waals surface area contributed by atoms with Crippen LogP contribution in [0, 0.1) is 5.92 Å². The van der Waals surface area contributed by atoms with E-state index >= 15 is 0 Å². The summed E-state index contributed by atoms with van der Waals surface area (Å²) in [6.07, 6.45) is 4.09. The van der Waals surface area contributed by atoms with E-state index in [1.807, 2.05) is 7.05 Å². The number of tetrazole rings is 1. The summed E-state index contributed by atoms with van der Waals surface area (Å²) in [5.74, 6) is 1.68. The average molecular weight is 250 g/mol. The van der Waals surface area contributed by atoms with Crippen LogP contribution >= 0.6 is 0 Å². The van der Waals surface area contributed by atoms with Crippen LogP contribution in [-0.2, 0) is 13.6 Å². The highest BCUT2D eigenvalue weighted by atomic mass is 15.6. The molecule has 2 aliphatic heterocycles. The molecule has 6 heteroatoms. The van der Waals surface area contributed by atoms with Crippen molar-refractivity contribution >= 4 is 0 Å². The summed E-state index contributed by atoms with van der Waals surface area (Å²) in [5, 5.41) is 12.2. The summed E-state index contributed by atoms with van der Waals surface area (Å²) >= 11 is 0. The molecule has 6 nitrogen and oxygen atoms in total. The van der Waals surface area contributed by atoms with Crippen LogP contribution in [0.5, 0.6) is 0 Å². The smallest absolute Gasteiger partial charge is 0.188 e. The van der Waals surface area contributed by atoms with Crippen LogP contribution in [0.1, 0.15) is 25.1 Å². The number of hydrogen-bond acceptors (Lipinski definition) is 5. The fourth-order valence-corrected chi connectivity index (χ4v) is 3.12. The zero-order chi connectivity index (χ0) is 12.4. The maximum atomic E-state index is 4.24. The minimum atomic E-state index is 0.833. The molecule has 0 amide bonds. The van der Waals surface area contributed by atoms with E-state index in [1.54, 1.807) is 0 Å². The van der Waals surface area contributed by atoms with Crippen molar-refractivity contribution in [2.45, 2.75) is 25.8 Å². The fraction of sp³-hybridized carbons (Fsp3) is 0.917. The van der Waals surface area contributed by atoms with Crippen molar-refractivity contribution in [3.05, 3.63) is 5.82 Å². The largest absolute Gasteiger partial charge is 0.303 e. The first-order valence-corrected chi connectivity index (χ1v) is 6.97. The summed E-state index contributed by atoms with van der Waals surface area (Å²) in [6, 6.07) is 0. The molecule has 18 heavy (non-hydrogen) atoms. The van der Waals surface area contributed by atoms with E-state index in [1.165, 1.54) is 56.8 Å². The summed E-state index contributed by atoms with van der Waals surface area (Å²) in [5.41, 5.74) is 0. The van der Waals surface area contributed by atoms with Crippen LogP contribution in [-0.4, -0.2) is 62.7 Å². The molecule has 2 fully saturated rings. The Hall–Kier alpha value is -1.01. The molecule has 1 aromatic heterocycles. The van der Waals surface area contributed by atoms with Gasteiger partial charge in [-0.1, -0.05) is 0 Å². The van der Waals surface area contributed by atoms with Gasteiger partial charge in [0.1, 0.15) is 0 Å². The molecule has 0 N–H and O–H groups in total. The lowest BCUT2D eigenvalue weighted by Crippen LogP contribution is -2.29. The Balaban J connectivity index is 1.46. The molecule has 100 valence electrons. The molecule has 0 spiro atoms. The Bertz CT molecular complexity index is 384. The van der Waals surface area contributed by atoms with E-state index in [2.05, 4.69) is 25.2 Å². The molecule has 0 radical (unpaired) electrons. The third kappa shape index (κ3) is 2.87. The van der Waals surface area contributed by atoms with Crippen LogP contribution < -0.4 is 0 Å². The van der Waals surface area contributed by atoms with Crippen molar-refractivity contribution in [3.8, 4) is 0 Å². The predicted molar refractivity (Wildman–Crippen MR) is 67.9 cm³/mol. The number of aryl methyl sites for hydroxylation is 1. The summed E-state index contributed by atoms with van der Waals surface area (Å²) in [4.78, 5) is 6.61. The summed E-state index contributed by atoms with van der Waals surface area (Å²) in [6.45, 7) is 7.12. The van der Waals surface area contributed by atoms with E-state index < -0.39 is 0 Å². The highest BCUT2D eigenvalue weighted by molar-refractivity contribution is 4.84. The lowest BCUT2D eigenvalue weighted by atomic mass is 10.1. The van der Waals surface area contributed by atoms with Gasteiger partial charge in [-0.2, -0.15) is 4.80 Å². The summed E-state index contributed by atoms with van der Waals surface area (Å²) < 4.78 is 0. The van der Waals surface area contributed by atoms with Gasteiger partial charge in [0.25, 0.3) is 0 Å². The van der Waals surface area contributed by atoms with Crippen molar-refractivity contribution in [2.75, 3.05) is 32.7 Å². The topological polar surface area (TPSA) is 50.1 Å². The molecule has 0 bridgehead atoms. The Labute approximate surface area is 108 Å². The van der Waals surface area contributed by atoms with E-state index in [0.717, 1.165) is 18.3 Å². The van der Waals surface area contributed by atoms with Gasteiger partial charge in [0.15, 0.2) is 5.82 Å². The Morgan fingerprint density at radius 2 is 2.00 bits per heavy atom. The minimum absolute atomic E-state index is 0.833. The van der Waals surface area contributed by atoms with Crippen LogP contribution in [0.2, 0.25) is 0 Å². The van der Waals surface area contributed by atoms with E-state index in [4.69, 9.17) is 0 Å². The molecule has 2 aliphatic rings. The number of aromatic nitrogens is 4. The Morgan fingerprint density at radius 1 is 1.17 bits per heavy atom. The quantitative estimate of drug-likeness (QED) is 0.760. The second-order valence-electron chi connectivity index (χ2n) is 5.59. The molecule has 1 atom stereocenters. The zero-order valence-electron chi connectivity index (χ0n) is 11.1. The standard InChI is InChI=1S/C12H22N6/c1-16-14-12(13-15-16)10-18-7-4-11(9-18)8-17-5-2-3-6-17/h11H,2-10H2,1H3. The summed E-state index contributed by atoms with van der Waals surface area (Å²) in [7, 11) is 1.82. The zero-order valence-corrected chi connectivity index (χ0v) is 11.1. The van der Waals surface area contributed by atoms with Crippen molar-refractivity contribution in [2.24, 2.45) is 13.0 Å². The van der Waals surface area contributed by atoms with Crippen LogP contribution in [0.3, 0.4) is 0 Å². The maximum Gasteiger partial charge on any atom is 0.188 e. The normalized spacial score (nSPS) is 26.2. The van der Waals surface area contributed by atoms with Gasteiger partial charge in [0, 0.05) is 13.1 Å².